The summed E-state index contributed by atoms with van der Waals surface area (Å²) >= 11 is 0. The summed E-state index contributed by atoms with van der Waals surface area (Å²) in [6, 6.07) is 3.94. The lowest BCUT2D eigenvalue weighted by atomic mass is 9.96. The Morgan fingerprint density at radius 1 is 1.42 bits per heavy atom. The van der Waals surface area contributed by atoms with Gasteiger partial charge in [-0.3, -0.25) is 4.98 Å². The molecule has 1 atom stereocenters. The summed E-state index contributed by atoms with van der Waals surface area (Å²) in [6.07, 6.45) is 7.64. The minimum absolute atomic E-state index is 0.625. The summed E-state index contributed by atoms with van der Waals surface area (Å²) in [5.41, 5.74) is 1.11. The van der Waals surface area contributed by atoms with E-state index in [4.69, 9.17) is 4.52 Å². The Morgan fingerprint density at radius 2 is 2.42 bits per heavy atom. The number of hydrogen-bond acceptors (Lipinski definition) is 5. The van der Waals surface area contributed by atoms with Crippen LogP contribution in [-0.4, -0.2) is 28.2 Å². The van der Waals surface area contributed by atoms with Crippen LogP contribution in [0, 0.1) is 5.92 Å². The second-order valence-electron chi connectivity index (χ2n) is 5.06. The van der Waals surface area contributed by atoms with Crippen molar-refractivity contribution in [2.45, 2.75) is 25.7 Å². The number of nitrogens with one attached hydrogen (secondary N) is 1. The van der Waals surface area contributed by atoms with Crippen LogP contribution in [0.4, 0.5) is 0 Å². The molecule has 3 rings (SSSR count). The molecule has 2 aromatic rings. The summed E-state index contributed by atoms with van der Waals surface area (Å²) in [6.45, 7) is 2.19. The molecule has 19 heavy (non-hydrogen) atoms. The van der Waals surface area contributed by atoms with Crippen LogP contribution in [0.3, 0.4) is 0 Å². The monoisotopic (exact) mass is 258 g/mol. The van der Waals surface area contributed by atoms with Crippen LogP contribution >= 0.6 is 0 Å². The van der Waals surface area contributed by atoms with Gasteiger partial charge in [-0.1, -0.05) is 11.2 Å². The highest BCUT2D eigenvalue weighted by Crippen LogP contribution is 2.15. The minimum Gasteiger partial charge on any atom is -0.339 e. The average Bonchev–Trinajstić information content (AvgIpc) is 2.88. The molecule has 5 heteroatoms. The van der Waals surface area contributed by atoms with E-state index in [1.54, 1.807) is 6.20 Å². The van der Waals surface area contributed by atoms with Crippen molar-refractivity contribution in [1.29, 1.82) is 0 Å². The Bertz CT molecular complexity index is 505. The molecule has 5 nitrogen and oxygen atoms in total. The maximum absolute atomic E-state index is 5.33. The van der Waals surface area contributed by atoms with Gasteiger partial charge in [0.1, 0.15) is 0 Å². The van der Waals surface area contributed by atoms with E-state index in [9.17, 15) is 0 Å². The molecule has 0 bridgehead atoms. The Kier molecular flexibility index (Phi) is 3.83. The Labute approximate surface area is 112 Å². The van der Waals surface area contributed by atoms with Crippen LogP contribution in [0.1, 0.15) is 30.1 Å². The molecule has 1 N–H and O–H groups in total. The van der Waals surface area contributed by atoms with E-state index in [0.717, 1.165) is 36.8 Å². The number of pyridine rings is 1. The molecule has 0 aliphatic carbocycles. The highest BCUT2D eigenvalue weighted by atomic mass is 16.5. The van der Waals surface area contributed by atoms with E-state index >= 15 is 0 Å². The van der Waals surface area contributed by atoms with Crippen LogP contribution < -0.4 is 5.32 Å². The highest BCUT2D eigenvalue weighted by Gasteiger charge is 2.17. The third-order valence-corrected chi connectivity index (χ3v) is 3.46. The third kappa shape index (κ3) is 3.38. The standard InChI is InChI=1S/C14H18N4O/c1-3-11(9-15-5-1)7-13-17-14(19-18-13)8-12-4-2-6-16-10-12/h1,3,5,9,12,16H,2,4,6-8,10H2. The first-order valence-electron chi connectivity index (χ1n) is 6.81. The summed E-state index contributed by atoms with van der Waals surface area (Å²) < 4.78 is 5.33. The topological polar surface area (TPSA) is 63.8 Å². The van der Waals surface area contributed by atoms with Crippen LogP contribution in [0.2, 0.25) is 0 Å². The first-order chi connectivity index (χ1) is 9.40. The van der Waals surface area contributed by atoms with E-state index in [1.807, 2.05) is 18.3 Å². The van der Waals surface area contributed by atoms with E-state index in [2.05, 4.69) is 20.4 Å². The van der Waals surface area contributed by atoms with E-state index < -0.39 is 0 Å². The highest BCUT2D eigenvalue weighted by molar-refractivity contribution is 5.13. The fourth-order valence-electron chi connectivity index (χ4n) is 2.48. The summed E-state index contributed by atoms with van der Waals surface area (Å²) in [5, 5.41) is 7.45. The number of aromatic nitrogens is 3. The van der Waals surface area contributed by atoms with Crippen molar-refractivity contribution in [2.24, 2.45) is 5.92 Å². The lowest BCUT2D eigenvalue weighted by Crippen LogP contribution is -2.30. The van der Waals surface area contributed by atoms with Crippen LogP contribution in [0.25, 0.3) is 0 Å². The van der Waals surface area contributed by atoms with Crippen molar-refractivity contribution in [3.8, 4) is 0 Å². The predicted molar refractivity (Wildman–Crippen MR) is 70.6 cm³/mol. The largest absolute Gasteiger partial charge is 0.339 e. The maximum Gasteiger partial charge on any atom is 0.226 e. The fourth-order valence-corrected chi connectivity index (χ4v) is 2.48. The molecular formula is C14H18N4O. The molecule has 0 radical (unpaired) electrons. The Morgan fingerprint density at radius 3 is 3.21 bits per heavy atom. The van der Waals surface area contributed by atoms with Crippen molar-refractivity contribution < 1.29 is 4.52 Å². The lowest BCUT2D eigenvalue weighted by molar-refractivity contribution is 0.314. The fraction of sp³-hybridized carbons (Fsp3) is 0.500. The molecule has 100 valence electrons. The third-order valence-electron chi connectivity index (χ3n) is 3.46. The van der Waals surface area contributed by atoms with E-state index in [-0.39, 0.29) is 0 Å². The van der Waals surface area contributed by atoms with Crippen LogP contribution in [0.15, 0.2) is 29.0 Å². The Balaban J connectivity index is 1.59. The van der Waals surface area contributed by atoms with Gasteiger partial charge in [-0.25, -0.2) is 0 Å². The van der Waals surface area contributed by atoms with Crippen LogP contribution in [0.5, 0.6) is 0 Å². The summed E-state index contributed by atoms with van der Waals surface area (Å²) in [4.78, 5) is 8.55. The van der Waals surface area contributed by atoms with Crippen LogP contribution in [-0.2, 0) is 12.8 Å². The molecule has 0 aromatic carbocycles. The lowest BCUT2D eigenvalue weighted by Gasteiger charge is -2.20. The molecule has 2 aromatic heterocycles. The van der Waals surface area contributed by atoms with E-state index in [0.29, 0.717) is 12.3 Å². The summed E-state index contributed by atoms with van der Waals surface area (Å²) in [5.74, 6) is 2.12. The zero-order valence-electron chi connectivity index (χ0n) is 10.9. The van der Waals surface area contributed by atoms with Crippen molar-refractivity contribution in [1.82, 2.24) is 20.4 Å². The second-order valence-corrected chi connectivity index (χ2v) is 5.06. The molecule has 3 heterocycles. The normalized spacial score (nSPS) is 19.5. The zero-order valence-corrected chi connectivity index (χ0v) is 10.9. The first-order valence-corrected chi connectivity index (χ1v) is 6.81. The van der Waals surface area contributed by atoms with Gasteiger partial charge in [-0.15, -0.1) is 0 Å². The van der Waals surface area contributed by atoms with Gasteiger partial charge >= 0.3 is 0 Å². The minimum atomic E-state index is 0.625. The summed E-state index contributed by atoms with van der Waals surface area (Å²) in [7, 11) is 0. The molecule has 1 aliphatic rings. The SMILES string of the molecule is c1cncc(Cc2noc(CC3CCCNC3)n2)c1. The van der Waals surface area contributed by atoms with Gasteiger partial charge in [0.25, 0.3) is 0 Å². The zero-order chi connectivity index (χ0) is 12.9. The quantitative estimate of drug-likeness (QED) is 0.902. The number of hydrogen-bond donors (Lipinski definition) is 1. The van der Waals surface area contributed by atoms with Crippen molar-refractivity contribution in [3.05, 3.63) is 41.8 Å². The molecule has 0 saturated carbocycles. The molecule has 1 fully saturated rings. The van der Waals surface area contributed by atoms with Crippen molar-refractivity contribution in [3.63, 3.8) is 0 Å². The van der Waals surface area contributed by atoms with Gasteiger partial charge in [0.15, 0.2) is 5.82 Å². The molecule has 1 unspecified atom stereocenters. The molecule has 1 aliphatic heterocycles. The number of nitrogens with zero attached hydrogens (tertiary/aromatic N) is 3. The van der Waals surface area contributed by atoms with Gasteiger partial charge in [-0.05, 0) is 43.5 Å². The predicted octanol–water partition coefficient (Wildman–Crippen LogP) is 1.60. The second kappa shape index (κ2) is 5.93. The van der Waals surface area contributed by atoms with Gasteiger partial charge in [-0.2, -0.15) is 4.98 Å². The smallest absolute Gasteiger partial charge is 0.226 e. The van der Waals surface area contributed by atoms with Gasteiger partial charge in [0.05, 0.1) is 0 Å². The molecule has 1 saturated heterocycles. The van der Waals surface area contributed by atoms with Gasteiger partial charge < -0.3 is 9.84 Å². The van der Waals surface area contributed by atoms with Crippen molar-refractivity contribution >= 4 is 0 Å². The average molecular weight is 258 g/mol. The first kappa shape index (κ1) is 12.3. The molecule has 0 amide bonds. The van der Waals surface area contributed by atoms with E-state index in [1.165, 1.54) is 12.8 Å². The molecule has 0 spiro atoms. The van der Waals surface area contributed by atoms with Gasteiger partial charge in [0.2, 0.25) is 5.89 Å². The molecular weight excluding hydrogens is 240 g/mol. The maximum atomic E-state index is 5.33. The number of piperidine rings is 1. The van der Waals surface area contributed by atoms with Crippen molar-refractivity contribution in [2.75, 3.05) is 13.1 Å². The Hall–Kier alpha value is -1.75. The van der Waals surface area contributed by atoms with Gasteiger partial charge in [0, 0.05) is 25.2 Å². The number of rotatable bonds is 4.